The zero-order valence-electron chi connectivity index (χ0n) is 24.8. The molecule has 0 atom stereocenters. The molecule has 0 saturated heterocycles. The molecule has 220 valence electrons. The minimum Gasteiger partial charge on any atom is -0.511 e. The molecule has 0 aliphatic carbocycles. The van der Waals surface area contributed by atoms with E-state index in [9.17, 15) is 10.2 Å². The maximum absolute atomic E-state index is 12.3. The summed E-state index contributed by atoms with van der Waals surface area (Å²) in [5, 5.41) is 30.7. The Balaban J connectivity index is 1.58. The zero-order valence-corrected chi connectivity index (χ0v) is 26.6. The molecule has 0 fully saturated rings. The summed E-state index contributed by atoms with van der Waals surface area (Å²) >= 11 is 0. The van der Waals surface area contributed by atoms with Gasteiger partial charge in [-0.25, -0.2) is 0 Å². The van der Waals surface area contributed by atoms with Gasteiger partial charge < -0.3 is 10.2 Å². The van der Waals surface area contributed by atoms with Crippen molar-refractivity contribution in [2.24, 2.45) is 0 Å². The van der Waals surface area contributed by atoms with E-state index in [1.165, 1.54) is 0 Å². The molecule has 0 heterocycles. The summed E-state index contributed by atoms with van der Waals surface area (Å²) in [5.74, 6) is 0.337. The van der Waals surface area contributed by atoms with Gasteiger partial charge in [0.2, 0.25) is 0 Å². The average Bonchev–Trinajstić information content (AvgIpc) is 3.11. The smallest absolute Gasteiger partial charge is 0.109 e. The highest BCUT2D eigenvalue weighted by molar-refractivity contribution is 7.82. The fourth-order valence-electron chi connectivity index (χ4n) is 5.49. The summed E-state index contributed by atoms with van der Waals surface area (Å²) in [4.78, 5) is 0. The number of aliphatic hydroxyl groups is 2. The lowest BCUT2D eigenvalue weighted by Crippen LogP contribution is -2.15. The summed E-state index contributed by atoms with van der Waals surface area (Å²) in [5.41, 5.74) is 1.88. The Labute approximate surface area is 268 Å². The molecule has 0 saturated carbocycles. The van der Waals surface area contributed by atoms with E-state index in [4.69, 9.17) is 0 Å². The molecule has 0 aromatic heterocycles. The molecule has 0 bridgehead atoms. The SMILES string of the molecule is OC(CC(O)=C(c1ccccc1)P(c1ccccc1)c1ccccc1)=C(c1ccccc1)P(c1ccccc1)c1ccccc1. The predicted molar refractivity (Wildman–Crippen MR) is 195 cm³/mol. The Morgan fingerprint density at radius 3 is 0.800 bits per heavy atom. The quantitative estimate of drug-likeness (QED) is 0.118. The number of hydrogen-bond donors (Lipinski definition) is 2. The first-order valence-corrected chi connectivity index (χ1v) is 17.6. The van der Waals surface area contributed by atoms with Gasteiger partial charge in [0.1, 0.15) is 11.5 Å². The zero-order chi connectivity index (χ0) is 30.8. The highest BCUT2D eigenvalue weighted by Crippen LogP contribution is 2.53. The number of rotatable bonds is 10. The molecule has 0 radical (unpaired) electrons. The summed E-state index contributed by atoms with van der Waals surface area (Å²) in [7, 11) is -2.27. The monoisotopic (exact) mass is 620 g/mol. The van der Waals surface area contributed by atoms with Crippen molar-refractivity contribution in [2.45, 2.75) is 6.42 Å². The van der Waals surface area contributed by atoms with Gasteiger partial charge in [-0.2, -0.15) is 0 Å². The van der Waals surface area contributed by atoms with Crippen LogP contribution in [0, 0.1) is 0 Å². The molecule has 45 heavy (non-hydrogen) atoms. The van der Waals surface area contributed by atoms with Crippen LogP contribution in [0.4, 0.5) is 0 Å². The van der Waals surface area contributed by atoms with Gasteiger partial charge in [-0.3, -0.25) is 0 Å². The maximum Gasteiger partial charge on any atom is 0.109 e. The first kappa shape index (κ1) is 30.3. The van der Waals surface area contributed by atoms with Crippen LogP contribution in [0.2, 0.25) is 0 Å². The van der Waals surface area contributed by atoms with Crippen molar-refractivity contribution >= 4 is 47.7 Å². The minimum atomic E-state index is -1.14. The largest absolute Gasteiger partial charge is 0.511 e. The Bertz CT molecular complexity index is 1640. The molecule has 4 heteroatoms. The van der Waals surface area contributed by atoms with E-state index in [-0.39, 0.29) is 17.9 Å². The van der Waals surface area contributed by atoms with E-state index in [1.54, 1.807) is 0 Å². The Kier molecular flexibility index (Phi) is 9.98. The lowest BCUT2D eigenvalue weighted by Gasteiger charge is -2.26. The highest BCUT2D eigenvalue weighted by Gasteiger charge is 2.28. The Morgan fingerprint density at radius 1 is 0.333 bits per heavy atom. The topological polar surface area (TPSA) is 40.5 Å². The van der Waals surface area contributed by atoms with E-state index >= 15 is 0 Å². The van der Waals surface area contributed by atoms with Gasteiger partial charge in [0.05, 0.1) is 6.42 Å². The first-order chi connectivity index (χ1) is 22.2. The molecule has 6 aromatic carbocycles. The third-order valence-electron chi connectivity index (χ3n) is 7.48. The fraction of sp³-hybridized carbons (Fsp3) is 0.0244. The number of benzene rings is 6. The van der Waals surface area contributed by atoms with Gasteiger partial charge in [-0.15, -0.1) is 0 Å². The van der Waals surface area contributed by atoms with Gasteiger partial charge in [0.25, 0.3) is 0 Å². The van der Waals surface area contributed by atoms with Crippen LogP contribution in [0.3, 0.4) is 0 Å². The van der Waals surface area contributed by atoms with Crippen LogP contribution in [-0.4, -0.2) is 10.2 Å². The average molecular weight is 621 g/mol. The lowest BCUT2D eigenvalue weighted by atomic mass is 10.1. The van der Waals surface area contributed by atoms with Gasteiger partial charge >= 0.3 is 0 Å². The van der Waals surface area contributed by atoms with Crippen molar-refractivity contribution < 1.29 is 10.2 Å². The molecule has 0 spiro atoms. The highest BCUT2D eigenvalue weighted by atomic mass is 31.1. The van der Waals surface area contributed by atoms with E-state index in [2.05, 4.69) is 48.5 Å². The minimum absolute atomic E-state index is 0.00541. The molecule has 0 amide bonds. The van der Waals surface area contributed by atoms with Gasteiger partial charge in [0.15, 0.2) is 0 Å². The first-order valence-electron chi connectivity index (χ1n) is 15.0. The third-order valence-corrected chi connectivity index (χ3v) is 12.7. The Morgan fingerprint density at radius 2 is 0.556 bits per heavy atom. The van der Waals surface area contributed by atoms with Crippen molar-refractivity contribution in [1.29, 1.82) is 0 Å². The summed E-state index contributed by atoms with van der Waals surface area (Å²) in [6, 6.07) is 61.7. The summed E-state index contributed by atoms with van der Waals surface area (Å²) in [6.07, 6.45) is 0.00541. The van der Waals surface area contributed by atoms with Crippen LogP contribution in [0.1, 0.15) is 17.5 Å². The molecule has 0 aliphatic rings. The van der Waals surface area contributed by atoms with Crippen LogP contribution < -0.4 is 21.2 Å². The van der Waals surface area contributed by atoms with Gasteiger partial charge in [-0.1, -0.05) is 182 Å². The molecular weight excluding hydrogens is 586 g/mol. The second-order valence-corrected chi connectivity index (χ2v) is 14.8. The third kappa shape index (κ3) is 7.16. The van der Waals surface area contributed by atoms with Crippen LogP contribution in [0.15, 0.2) is 194 Å². The van der Waals surface area contributed by atoms with Crippen molar-refractivity contribution in [3.63, 3.8) is 0 Å². The standard InChI is InChI=1S/C41H34O2P2/c42-38(40(32-19-7-1-8-20-32)44(34-23-11-3-12-24-34)35-25-13-4-14-26-35)31-39(43)41(33-21-9-2-10-22-33)45(36-27-15-5-16-28-36)37-29-17-6-18-30-37/h1-30,42-43H,31H2. The van der Waals surface area contributed by atoms with E-state index < -0.39 is 15.8 Å². The molecular formula is C41H34O2P2. The second-order valence-electron chi connectivity index (χ2n) is 10.5. The Hall–Kier alpha value is -4.74. The van der Waals surface area contributed by atoms with E-state index in [0.717, 1.165) is 43.0 Å². The van der Waals surface area contributed by atoms with Crippen LogP contribution in [0.25, 0.3) is 10.6 Å². The number of hydrogen-bond acceptors (Lipinski definition) is 2. The molecule has 0 unspecified atom stereocenters. The normalized spacial score (nSPS) is 12.5. The number of aliphatic hydroxyl groups excluding tert-OH is 2. The van der Waals surface area contributed by atoms with E-state index in [1.807, 2.05) is 133 Å². The summed E-state index contributed by atoms with van der Waals surface area (Å²) in [6.45, 7) is 0. The predicted octanol–water partition coefficient (Wildman–Crippen LogP) is 9.50. The van der Waals surface area contributed by atoms with Crippen molar-refractivity contribution in [3.8, 4) is 0 Å². The molecule has 2 nitrogen and oxygen atoms in total. The lowest BCUT2D eigenvalue weighted by molar-refractivity contribution is 0.347. The van der Waals surface area contributed by atoms with Crippen LogP contribution in [-0.2, 0) is 0 Å². The fourth-order valence-corrected chi connectivity index (χ4v) is 10.5. The van der Waals surface area contributed by atoms with Crippen molar-refractivity contribution in [1.82, 2.24) is 0 Å². The van der Waals surface area contributed by atoms with Crippen molar-refractivity contribution in [3.05, 3.63) is 205 Å². The van der Waals surface area contributed by atoms with E-state index in [0.29, 0.717) is 0 Å². The van der Waals surface area contributed by atoms with Gasteiger partial charge in [-0.05, 0) is 48.2 Å². The molecule has 6 aromatic rings. The van der Waals surface area contributed by atoms with Crippen molar-refractivity contribution in [2.75, 3.05) is 0 Å². The summed E-state index contributed by atoms with van der Waals surface area (Å²) < 4.78 is 0. The van der Waals surface area contributed by atoms with Crippen LogP contribution in [0.5, 0.6) is 0 Å². The van der Waals surface area contributed by atoms with Gasteiger partial charge in [0, 0.05) is 10.6 Å². The second kappa shape index (κ2) is 14.8. The maximum atomic E-state index is 12.3. The molecule has 6 rings (SSSR count). The molecule has 0 aliphatic heterocycles. The molecule has 2 N–H and O–H groups in total. The van der Waals surface area contributed by atoms with Crippen LogP contribution >= 0.6 is 15.8 Å².